The van der Waals surface area contributed by atoms with Crippen LogP contribution in [0, 0.1) is 6.92 Å². The minimum Gasteiger partial charge on any atom is -0.397 e. The lowest BCUT2D eigenvalue weighted by molar-refractivity contribution is -0.119. The first-order chi connectivity index (χ1) is 6.81. The summed E-state index contributed by atoms with van der Waals surface area (Å²) in [5, 5.41) is 0. The van der Waals surface area contributed by atoms with Crippen molar-refractivity contribution < 1.29 is 13.2 Å². The highest BCUT2D eigenvalue weighted by Crippen LogP contribution is 2.28. The van der Waals surface area contributed by atoms with E-state index in [1.165, 1.54) is 7.05 Å². The molecule has 1 aromatic carbocycles. The van der Waals surface area contributed by atoms with Crippen molar-refractivity contribution in [1.29, 1.82) is 0 Å². The van der Waals surface area contributed by atoms with Crippen LogP contribution in [0.2, 0.25) is 0 Å². The largest absolute Gasteiger partial charge is 0.405 e. The Morgan fingerprint density at radius 3 is 2.40 bits per heavy atom. The van der Waals surface area contributed by atoms with Crippen molar-refractivity contribution in [2.75, 3.05) is 24.2 Å². The Kier molecular flexibility index (Phi) is 3.12. The summed E-state index contributed by atoms with van der Waals surface area (Å²) in [6, 6.07) is 5.05. The van der Waals surface area contributed by atoms with Crippen LogP contribution < -0.4 is 10.6 Å². The lowest BCUT2D eigenvalue weighted by Crippen LogP contribution is -2.31. The lowest BCUT2D eigenvalue weighted by Gasteiger charge is -2.24. The van der Waals surface area contributed by atoms with Crippen molar-refractivity contribution in [3.05, 3.63) is 23.8 Å². The van der Waals surface area contributed by atoms with E-state index in [0.717, 1.165) is 10.5 Å². The number of nitrogens with zero attached hydrogens (tertiary/aromatic N) is 1. The number of benzene rings is 1. The molecule has 0 aliphatic heterocycles. The van der Waals surface area contributed by atoms with Crippen LogP contribution in [0.25, 0.3) is 0 Å². The first kappa shape index (κ1) is 11.7. The maximum atomic E-state index is 12.2. The molecule has 15 heavy (non-hydrogen) atoms. The average Bonchev–Trinajstić information content (AvgIpc) is 1.99. The molecule has 0 radical (unpaired) electrons. The predicted molar refractivity (Wildman–Crippen MR) is 54.9 cm³/mol. The maximum absolute atomic E-state index is 12.2. The molecule has 0 bridgehead atoms. The molecular weight excluding hydrogens is 205 g/mol. The van der Waals surface area contributed by atoms with Crippen LogP contribution in [0.1, 0.15) is 5.56 Å². The van der Waals surface area contributed by atoms with E-state index in [0.29, 0.717) is 11.4 Å². The summed E-state index contributed by atoms with van der Waals surface area (Å²) in [6.45, 7) is 0.737. The van der Waals surface area contributed by atoms with Gasteiger partial charge in [0.15, 0.2) is 0 Å². The van der Waals surface area contributed by atoms with Crippen LogP contribution in [0.4, 0.5) is 24.5 Å². The van der Waals surface area contributed by atoms with Gasteiger partial charge in [0, 0.05) is 7.05 Å². The Hall–Kier alpha value is -1.39. The minimum atomic E-state index is -4.22. The molecule has 0 saturated carbocycles. The van der Waals surface area contributed by atoms with Gasteiger partial charge >= 0.3 is 6.18 Å². The van der Waals surface area contributed by atoms with Gasteiger partial charge in [-0.1, -0.05) is 12.1 Å². The van der Waals surface area contributed by atoms with E-state index in [4.69, 9.17) is 5.73 Å². The average molecular weight is 218 g/mol. The van der Waals surface area contributed by atoms with E-state index >= 15 is 0 Å². The van der Waals surface area contributed by atoms with Crippen LogP contribution in [0.3, 0.4) is 0 Å². The van der Waals surface area contributed by atoms with Gasteiger partial charge in [0.25, 0.3) is 0 Å². The molecule has 0 spiro atoms. The van der Waals surface area contributed by atoms with Crippen LogP contribution in [0.15, 0.2) is 18.2 Å². The van der Waals surface area contributed by atoms with E-state index in [2.05, 4.69) is 0 Å². The molecule has 0 fully saturated rings. The van der Waals surface area contributed by atoms with Crippen molar-refractivity contribution in [3.8, 4) is 0 Å². The zero-order chi connectivity index (χ0) is 11.6. The van der Waals surface area contributed by atoms with Gasteiger partial charge in [0.05, 0.1) is 11.4 Å². The second kappa shape index (κ2) is 4.00. The molecule has 5 heteroatoms. The van der Waals surface area contributed by atoms with Gasteiger partial charge in [0.1, 0.15) is 6.54 Å². The molecule has 0 aliphatic rings. The molecule has 2 nitrogen and oxygen atoms in total. The quantitative estimate of drug-likeness (QED) is 0.773. The first-order valence-corrected chi connectivity index (χ1v) is 4.44. The van der Waals surface area contributed by atoms with Gasteiger partial charge in [-0.2, -0.15) is 13.2 Å². The van der Waals surface area contributed by atoms with Crippen LogP contribution in [0.5, 0.6) is 0 Å². The molecule has 0 amide bonds. The third kappa shape index (κ3) is 3.04. The number of halogens is 3. The van der Waals surface area contributed by atoms with Crippen molar-refractivity contribution >= 4 is 11.4 Å². The highest BCUT2D eigenvalue weighted by molar-refractivity contribution is 5.71. The zero-order valence-corrected chi connectivity index (χ0v) is 8.60. The standard InChI is InChI=1S/C10H13F3N2/c1-7-4-3-5-8(14)9(7)15(2)6-10(11,12)13/h3-5H,6,14H2,1-2H3. The summed E-state index contributed by atoms with van der Waals surface area (Å²) in [5.41, 5.74) is 7.17. The molecule has 0 aliphatic carbocycles. The summed E-state index contributed by atoms with van der Waals surface area (Å²) in [6.07, 6.45) is -4.22. The van der Waals surface area contributed by atoms with Crippen molar-refractivity contribution in [3.63, 3.8) is 0 Å². The monoisotopic (exact) mass is 218 g/mol. The summed E-state index contributed by atoms with van der Waals surface area (Å²) in [4.78, 5) is 1.12. The number of hydrogen-bond acceptors (Lipinski definition) is 2. The van der Waals surface area contributed by atoms with Crippen molar-refractivity contribution in [2.45, 2.75) is 13.1 Å². The fourth-order valence-corrected chi connectivity index (χ4v) is 1.55. The third-order valence-electron chi connectivity index (χ3n) is 2.07. The number of aryl methyl sites for hydroxylation is 1. The van der Waals surface area contributed by atoms with Crippen LogP contribution in [-0.2, 0) is 0 Å². The molecule has 1 rings (SSSR count). The summed E-state index contributed by atoms with van der Waals surface area (Å²) in [7, 11) is 1.38. The second-order valence-corrected chi connectivity index (χ2v) is 3.48. The van der Waals surface area contributed by atoms with Gasteiger partial charge in [-0.3, -0.25) is 0 Å². The van der Waals surface area contributed by atoms with Gasteiger partial charge < -0.3 is 10.6 Å². The molecule has 1 aromatic rings. The Labute approximate surface area is 86.5 Å². The highest BCUT2D eigenvalue weighted by atomic mass is 19.4. The Morgan fingerprint density at radius 2 is 1.93 bits per heavy atom. The van der Waals surface area contributed by atoms with Gasteiger partial charge in [0.2, 0.25) is 0 Å². The number of para-hydroxylation sites is 1. The molecule has 0 aromatic heterocycles. The van der Waals surface area contributed by atoms with Crippen LogP contribution in [-0.4, -0.2) is 19.8 Å². The summed E-state index contributed by atoms with van der Waals surface area (Å²) >= 11 is 0. The van der Waals surface area contributed by atoms with E-state index < -0.39 is 12.7 Å². The fourth-order valence-electron chi connectivity index (χ4n) is 1.55. The lowest BCUT2D eigenvalue weighted by atomic mass is 10.1. The maximum Gasteiger partial charge on any atom is 0.405 e. The Bertz CT molecular complexity index is 327. The summed E-state index contributed by atoms with van der Waals surface area (Å²) < 4.78 is 36.5. The number of rotatable bonds is 2. The van der Waals surface area contributed by atoms with Gasteiger partial charge in [-0.05, 0) is 18.6 Å². The SMILES string of the molecule is Cc1cccc(N)c1N(C)CC(F)(F)F. The Balaban J connectivity index is 2.96. The van der Waals surface area contributed by atoms with E-state index in [9.17, 15) is 13.2 Å². The van der Waals surface area contributed by atoms with E-state index in [1.807, 2.05) is 0 Å². The van der Waals surface area contributed by atoms with Gasteiger partial charge in [-0.25, -0.2) is 0 Å². The zero-order valence-electron chi connectivity index (χ0n) is 8.60. The first-order valence-electron chi connectivity index (χ1n) is 4.44. The third-order valence-corrected chi connectivity index (χ3v) is 2.07. The predicted octanol–water partition coefficient (Wildman–Crippen LogP) is 2.58. The molecule has 2 N–H and O–H groups in total. The highest BCUT2D eigenvalue weighted by Gasteiger charge is 2.30. The van der Waals surface area contributed by atoms with Gasteiger partial charge in [-0.15, -0.1) is 0 Å². The molecule has 0 saturated heterocycles. The fraction of sp³-hybridized carbons (Fsp3) is 0.400. The topological polar surface area (TPSA) is 29.3 Å². The molecular formula is C10H13F3N2. The number of hydrogen-bond donors (Lipinski definition) is 1. The number of alkyl halides is 3. The normalized spacial score (nSPS) is 11.5. The molecule has 0 atom stereocenters. The van der Waals surface area contributed by atoms with E-state index in [1.54, 1.807) is 25.1 Å². The molecule has 0 heterocycles. The van der Waals surface area contributed by atoms with Crippen molar-refractivity contribution in [2.24, 2.45) is 0 Å². The van der Waals surface area contributed by atoms with Crippen molar-refractivity contribution in [1.82, 2.24) is 0 Å². The van der Waals surface area contributed by atoms with E-state index in [-0.39, 0.29) is 0 Å². The second-order valence-electron chi connectivity index (χ2n) is 3.48. The number of nitrogen functional groups attached to an aromatic ring is 1. The summed E-state index contributed by atoms with van der Waals surface area (Å²) in [5.74, 6) is 0. The molecule has 0 unspecified atom stereocenters. The molecule has 84 valence electrons. The van der Waals surface area contributed by atoms with Crippen LogP contribution >= 0.6 is 0 Å². The number of anilines is 2. The smallest absolute Gasteiger partial charge is 0.397 e. The minimum absolute atomic E-state index is 0.363. The Morgan fingerprint density at radius 1 is 1.33 bits per heavy atom. The number of nitrogens with two attached hydrogens (primary N) is 1.